The van der Waals surface area contributed by atoms with Crippen LogP contribution in [-0.2, 0) is 6.54 Å². The molecule has 6 heteroatoms. The van der Waals surface area contributed by atoms with Crippen molar-refractivity contribution >= 4 is 11.6 Å². The van der Waals surface area contributed by atoms with Crippen LogP contribution in [0.15, 0.2) is 73.1 Å². The normalized spacial score (nSPS) is 16.1. The van der Waals surface area contributed by atoms with Crippen LogP contribution >= 0.6 is 0 Å². The molecule has 1 atom stereocenters. The largest absolute Gasteiger partial charge is 0.369 e. The highest BCUT2D eigenvalue weighted by Crippen LogP contribution is 2.26. The summed E-state index contributed by atoms with van der Waals surface area (Å²) in [5.74, 6) is -0.388. The van der Waals surface area contributed by atoms with Gasteiger partial charge in [-0.05, 0) is 35.9 Å². The molecule has 6 nitrogen and oxygen atoms in total. The molecule has 1 amide bonds. The molecule has 0 saturated carbocycles. The third-order valence-corrected chi connectivity index (χ3v) is 5.38. The van der Waals surface area contributed by atoms with E-state index in [4.69, 9.17) is 5.73 Å². The molecule has 144 valence electrons. The third-order valence-electron chi connectivity index (χ3n) is 5.38. The van der Waals surface area contributed by atoms with Gasteiger partial charge in [-0.1, -0.05) is 30.3 Å². The van der Waals surface area contributed by atoms with Crippen LogP contribution < -0.4 is 10.6 Å². The highest BCUT2D eigenvalue weighted by Gasteiger charge is 2.25. The third kappa shape index (κ3) is 4.07. The fraction of sp³-hybridized carbons (Fsp3) is 0.273. The highest BCUT2D eigenvalue weighted by molar-refractivity contribution is 5.93. The standard InChI is InChI=1S/C22H25N5O/c23-22(28)19-7-9-20(10-8-19)25-13-15-26(16-14-25)21(17-27-12-4-11-24-27)18-5-2-1-3-6-18/h1-12,21H,13-17H2,(H2,23,28). The second kappa shape index (κ2) is 8.27. The van der Waals surface area contributed by atoms with E-state index in [9.17, 15) is 4.79 Å². The summed E-state index contributed by atoms with van der Waals surface area (Å²) >= 11 is 0. The number of benzene rings is 2. The molecule has 1 fully saturated rings. The maximum absolute atomic E-state index is 11.3. The molecule has 1 unspecified atom stereocenters. The van der Waals surface area contributed by atoms with Gasteiger partial charge in [-0.15, -0.1) is 0 Å². The number of piperazine rings is 1. The van der Waals surface area contributed by atoms with Crippen molar-refractivity contribution in [2.75, 3.05) is 31.1 Å². The minimum absolute atomic E-state index is 0.292. The summed E-state index contributed by atoms with van der Waals surface area (Å²) < 4.78 is 2.01. The van der Waals surface area contributed by atoms with Crippen LogP contribution in [0, 0.1) is 0 Å². The van der Waals surface area contributed by atoms with Gasteiger partial charge >= 0.3 is 0 Å². The number of amides is 1. The van der Waals surface area contributed by atoms with Crippen molar-refractivity contribution in [2.24, 2.45) is 5.73 Å². The summed E-state index contributed by atoms with van der Waals surface area (Å²) in [5, 5.41) is 4.40. The van der Waals surface area contributed by atoms with Gasteiger partial charge in [0.2, 0.25) is 5.91 Å². The Balaban J connectivity index is 1.46. The first kappa shape index (κ1) is 18.3. The maximum Gasteiger partial charge on any atom is 0.248 e. The highest BCUT2D eigenvalue weighted by atomic mass is 16.1. The molecule has 2 heterocycles. The molecule has 28 heavy (non-hydrogen) atoms. The van der Waals surface area contributed by atoms with E-state index in [0.717, 1.165) is 38.4 Å². The quantitative estimate of drug-likeness (QED) is 0.719. The number of carbonyl (C=O) groups is 1. The van der Waals surface area contributed by atoms with Crippen molar-refractivity contribution in [3.05, 3.63) is 84.2 Å². The summed E-state index contributed by atoms with van der Waals surface area (Å²) in [6, 6.07) is 20.5. The average molecular weight is 375 g/mol. The van der Waals surface area contributed by atoms with Crippen molar-refractivity contribution < 1.29 is 4.79 Å². The molecule has 1 aliphatic rings. The molecule has 0 aliphatic carbocycles. The summed E-state index contributed by atoms with van der Waals surface area (Å²) in [7, 11) is 0. The smallest absolute Gasteiger partial charge is 0.248 e. The van der Waals surface area contributed by atoms with Crippen LogP contribution in [0.5, 0.6) is 0 Å². The predicted octanol–water partition coefficient (Wildman–Crippen LogP) is 2.55. The van der Waals surface area contributed by atoms with E-state index in [1.807, 2.05) is 35.3 Å². The Morgan fingerprint density at radius 1 is 0.964 bits per heavy atom. The van der Waals surface area contributed by atoms with E-state index >= 15 is 0 Å². The lowest BCUT2D eigenvalue weighted by atomic mass is 10.0. The second-order valence-corrected chi connectivity index (χ2v) is 7.09. The number of nitrogens with zero attached hydrogens (tertiary/aromatic N) is 4. The van der Waals surface area contributed by atoms with Crippen LogP contribution in [0.3, 0.4) is 0 Å². The van der Waals surface area contributed by atoms with Crippen molar-refractivity contribution in [2.45, 2.75) is 12.6 Å². The Morgan fingerprint density at radius 3 is 2.29 bits per heavy atom. The molecule has 2 N–H and O–H groups in total. The topological polar surface area (TPSA) is 67.4 Å². The first-order valence-electron chi connectivity index (χ1n) is 9.62. The fourth-order valence-electron chi connectivity index (χ4n) is 3.82. The molecular formula is C22H25N5O. The number of hydrogen-bond donors (Lipinski definition) is 1. The lowest BCUT2D eigenvalue weighted by molar-refractivity contribution is 0.100. The average Bonchev–Trinajstić information content (AvgIpc) is 3.26. The van der Waals surface area contributed by atoms with Crippen molar-refractivity contribution in [3.63, 3.8) is 0 Å². The summed E-state index contributed by atoms with van der Waals surface area (Å²) in [4.78, 5) is 16.2. The van der Waals surface area contributed by atoms with E-state index in [2.05, 4.69) is 45.2 Å². The Hall–Kier alpha value is -3.12. The molecule has 1 aliphatic heterocycles. The zero-order chi connectivity index (χ0) is 19.3. The summed E-state index contributed by atoms with van der Waals surface area (Å²) in [6.45, 7) is 4.66. The number of aromatic nitrogens is 2. The lowest BCUT2D eigenvalue weighted by Crippen LogP contribution is -2.48. The van der Waals surface area contributed by atoms with Gasteiger partial charge in [0.05, 0.1) is 12.6 Å². The van der Waals surface area contributed by atoms with E-state index < -0.39 is 0 Å². The number of rotatable bonds is 6. The van der Waals surface area contributed by atoms with Crippen molar-refractivity contribution in [1.29, 1.82) is 0 Å². The number of carbonyl (C=O) groups excluding carboxylic acids is 1. The number of anilines is 1. The molecular weight excluding hydrogens is 350 g/mol. The number of nitrogens with two attached hydrogens (primary N) is 1. The fourth-order valence-corrected chi connectivity index (χ4v) is 3.82. The van der Waals surface area contributed by atoms with Gasteiger partial charge in [-0.25, -0.2) is 0 Å². The number of hydrogen-bond acceptors (Lipinski definition) is 4. The summed E-state index contributed by atoms with van der Waals surface area (Å²) in [6.07, 6.45) is 3.85. The summed E-state index contributed by atoms with van der Waals surface area (Å²) in [5.41, 5.74) is 8.33. The van der Waals surface area contributed by atoms with Crippen LogP contribution in [0.4, 0.5) is 5.69 Å². The van der Waals surface area contributed by atoms with Gasteiger partial charge in [0.25, 0.3) is 0 Å². The Morgan fingerprint density at radius 2 is 1.68 bits per heavy atom. The molecule has 4 rings (SSSR count). The van der Waals surface area contributed by atoms with E-state index in [0.29, 0.717) is 11.6 Å². The first-order chi connectivity index (χ1) is 13.7. The SMILES string of the molecule is NC(=O)c1ccc(N2CCN(C(Cn3cccn3)c3ccccc3)CC2)cc1. The van der Waals surface area contributed by atoms with Gasteiger partial charge < -0.3 is 10.6 Å². The predicted molar refractivity (Wildman–Crippen MR) is 110 cm³/mol. The van der Waals surface area contributed by atoms with Crippen LogP contribution in [-0.4, -0.2) is 46.8 Å². The monoisotopic (exact) mass is 375 g/mol. The lowest BCUT2D eigenvalue weighted by Gasteiger charge is -2.40. The van der Waals surface area contributed by atoms with Crippen LogP contribution in [0.2, 0.25) is 0 Å². The second-order valence-electron chi connectivity index (χ2n) is 7.09. The zero-order valence-corrected chi connectivity index (χ0v) is 15.8. The minimum atomic E-state index is -0.388. The molecule has 1 saturated heterocycles. The zero-order valence-electron chi connectivity index (χ0n) is 15.8. The minimum Gasteiger partial charge on any atom is -0.369 e. The van der Waals surface area contributed by atoms with Crippen molar-refractivity contribution in [3.8, 4) is 0 Å². The van der Waals surface area contributed by atoms with E-state index in [-0.39, 0.29) is 5.91 Å². The first-order valence-corrected chi connectivity index (χ1v) is 9.62. The van der Waals surface area contributed by atoms with Crippen LogP contribution in [0.25, 0.3) is 0 Å². The Kier molecular flexibility index (Phi) is 5.39. The molecule has 1 aromatic heterocycles. The van der Waals surface area contributed by atoms with Gasteiger partial charge in [0, 0.05) is 49.8 Å². The molecule has 2 aromatic carbocycles. The van der Waals surface area contributed by atoms with Gasteiger partial charge in [-0.3, -0.25) is 14.4 Å². The number of primary amides is 1. The van der Waals surface area contributed by atoms with Gasteiger partial charge in [0.1, 0.15) is 0 Å². The molecule has 0 bridgehead atoms. The molecule has 0 spiro atoms. The molecule has 3 aromatic rings. The van der Waals surface area contributed by atoms with E-state index in [1.54, 1.807) is 12.1 Å². The molecule has 0 radical (unpaired) electrons. The maximum atomic E-state index is 11.3. The Labute approximate surface area is 165 Å². The van der Waals surface area contributed by atoms with Crippen molar-refractivity contribution in [1.82, 2.24) is 14.7 Å². The Bertz CT molecular complexity index is 884. The van der Waals surface area contributed by atoms with Crippen LogP contribution in [0.1, 0.15) is 22.0 Å². The van der Waals surface area contributed by atoms with Gasteiger partial charge in [0.15, 0.2) is 0 Å². The van der Waals surface area contributed by atoms with E-state index in [1.165, 1.54) is 5.56 Å². The van der Waals surface area contributed by atoms with Gasteiger partial charge in [-0.2, -0.15) is 5.10 Å².